The maximum Gasteiger partial charge on any atom is 0.269 e. The molecule has 9 heteroatoms. The van der Waals surface area contributed by atoms with Crippen molar-refractivity contribution in [3.8, 4) is 0 Å². The van der Waals surface area contributed by atoms with Gasteiger partial charge < -0.3 is 0 Å². The number of hydrogen-bond donors (Lipinski definition) is 2. The molecule has 0 bridgehead atoms. The fourth-order valence-corrected chi connectivity index (χ4v) is 4.83. The highest BCUT2D eigenvalue weighted by Crippen LogP contribution is 2.21. The molecule has 3 rings (SSSR count). The maximum absolute atomic E-state index is 12.8. The fraction of sp³-hybridized carbons (Fsp3) is 0.238. The number of halogens is 1. The highest BCUT2D eigenvalue weighted by Gasteiger charge is 2.26. The van der Waals surface area contributed by atoms with Crippen LogP contribution in [0.2, 0.25) is 5.02 Å². The van der Waals surface area contributed by atoms with E-state index in [1.165, 1.54) is 34.6 Å². The predicted molar refractivity (Wildman–Crippen MR) is 115 cm³/mol. The van der Waals surface area contributed by atoms with Crippen LogP contribution in [0.1, 0.15) is 35.2 Å². The lowest BCUT2D eigenvalue weighted by molar-refractivity contribution is -0.117. The van der Waals surface area contributed by atoms with Crippen LogP contribution < -0.4 is 10.9 Å². The van der Waals surface area contributed by atoms with Crippen molar-refractivity contribution < 1.29 is 18.0 Å². The highest BCUT2D eigenvalue weighted by atomic mass is 35.5. The lowest BCUT2D eigenvalue weighted by Crippen LogP contribution is -2.41. The van der Waals surface area contributed by atoms with E-state index in [-0.39, 0.29) is 10.5 Å². The number of amides is 2. The lowest BCUT2D eigenvalue weighted by Gasteiger charge is -2.26. The average molecular weight is 448 g/mol. The third-order valence-corrected chi connectivity index (χ3v) is 6.75. The Hall–Kier alpha value is -2.68. The number of hydrazine groups is 1. The molecule has 0 aromatic heterocycles. The van der Waals surface area contributed by atoms with E-state index in [1.807, 2.05) is 0 Å². The number of hydrogen-bond acceptors (Lipinski definition) is 4. The summed E-state index contributed by atoms with van der Waals surface area (Å²) in [4.78, 5) is 24.3. The van der Waals surface area contributed by atoms with Crippen molar-refractivity contribution in [2.75, 3.05) is 13.1 Å². The van der Waals surface area contributed by atoms with E-state index >= 15 is 0 Å². The Morgan fingerprint density at radius 1 is 0.967 bits per heavy atom. The average Bonchev–Trinajstić information content (AvgIpc) is 2.77. The van der Waals surface area contributed by atoms with E-state index in [2.05, 4.69) is 10.9 Å². The van der Waals surface area contributed by atoms with E-state index < -0.39 is 21.8 Å². The summed E-state index contributed by atoms with van der Waals surface area (Å²) in [6.45, 7) is 0.960. The molecule has 0 saturated carbocycles. The monoisotopic (exact) mass is 447 g/mol. The molecule has 0 spiro atoms. The number of benzene rings is 2. The Labute approximate surface area is 180 Å². The molecule has 1 aliphatic rings. The van der Waals surface area contributed by atoms with Crippen molar-refractivity contribution in [3.63, 3.8) is 0 Å². The van der Waals surface area contributed by atoms with Gasteiger partial charge in [-0.1, -0.05) is 36.2 Å². The molecule has 0 radical (unpaired) electrons. The first-order chi connectivity index (χ1) is 14.4. The summed E-state index contributed by atoms with van der Waals surface area (Å²) in [6, 6.07) is 12.7. The number of nitrogens with zero attached hydrogens (tertiary/aromatic N) is 1. The summed E-state index contributed by atoms with van der Waals surface area (Å²) in [7, 11) is -3.65. The molecule has 2 amide bonds. The Kier molecular flexibility index (Phi) is 7.25. The van der Waals surface area contributed by atoms with Gasteiger partial charge in [-0.05, 0) is 54.8 Å². The van der Waals surface area contributed by atoms with E-state index in [0.717, 1.165) is 24.8 Å². The molecule has 1 heterocycles. The van der Waals surface area contributed by atoms with E-state index in [1.54, 1.807) is 30.3 Å². The first-order valence-corrected chi connectivity index (χ1v) is 11.3. The van der Waals surface area contributed by atoms with Crippen molar-refractivity contribution in [2.45, 2.75) is 24.2 Å². The molecule has 1 aliphatic heterocycles. The van der Waals surface area contributed by atoms with Gasteiger partial charge in [-0.3, -0.25) is 20.4 Å². The SMILES string of the molecule is O=C(/C=C/c1cccc(Cl)c1)NNC(=O)c1cccc(S(=O)(=O)N2CCCCC2)c1. The van der Waals surface area contributed by atoms with Gasteiger partial charge in [-0.2, -0.15) is 4.31 Å². The largest absolute Gasteiger partial charge is 0.269 e. The summed E-state index contributed by atoms with van der Waals surface area (Å²) in [6.07, 6.45) is 5.48. The molecule has 2 aromatic carbocycles. The van der Waals surface area contributed by atoms with Crippen molar-refractivity contribution in [1.82, 2.24) is 15.2 Å². The van der Waals surface area contributed by atoms with Gasteiger partial charge in [0.25, 0.3) is 11.8 Å². The zero-order valence-electron chi connectivity index (χ0n) is 16.2. The summed E-state index contributed by atoms with van der Waals surface area (Å²) in [5.74, 6) is -1.16. The molecule has 1 saturated heterocycles. The Morgan fingerprint density at radius 3 is 2.43 bits per heavy atom. The third kappa shape index (κ3) is 5.69. The van der Waals surface area contributed by atoms with Crippen LogP contribution in [0.5, 0.6) is 0 Å². The van der Waals surface area contributed by atoms with Crippen LogP contribution in [0.15, 0.2) is 59.5 Å². The van der Waals surface area contributed by atoms with Crippen LogP contribution in [0.3, 0.4) is 0 Å². The highest BCUT2D eigenvalue weighted by molar-refractivity contribution is 7.89. The zero-order chi connectivity index (χ0) is 21.6. The van der Waals surface area contributed by atoms with Crippen LogP contribution >= 0.6 is 11.6 Å². The molecule has 2 N–H and O–H groups in total. The third-order valence-electron chi connectivity index (χ3n) is 4.62. The van der Waals surface area contributed by atoms with Crippen molar-refractivity contribution in [2.24, 2.45) is 0 Å². The second-order valence-corrected chi connectivity index (χ2v) is 9.20. The minimum Gasteiger partial charge on any atom is -0.268 e. The van der Waals surface area contributed by atoms with Crippen molar-refractivity contribution in [3.05, 3.63) is 70.8 Å². The quantitative estimate of drug-likeness (QED) is 0.544. The van der Waals surface area contributed by atoms with Gasteiger partial charge in [0.05, 0.1) is 4.90 Å². The Morgan fingerprint density at radius 2 is 1.70 bits per heavy atom. The van der Waals surface area contributed by atoms with Crippen LogP contribution in [-0.4, -0.2) is 37.6 Å². The number of nitrogens with one attached hydrogen (secondary N) is 2. The number of carbonyl (C=O) groups is 2. The maximum atomic E-state index is 12.8. The van der Waals surface area contributed by atoms with Gasteiger partial charge in [-0.25, -0.2) is 8.42 Å². The Balaban J connectivity index is 1.62. The first-order valence-electron chi connectivity index (χ1n) is 9.50. The molecule has 7 nitrogen and oxygen atoms in total. The van der Waals surface area contributed by atoms with Gasteiger partial charge in [-0.15, -0.1) is 0 Å². The molecule has 1 fully saturated rings. The molecule has 158 valence electrons. The first kappa shape index (κ1) is 22.0. The van der Waals surface area contributed by atoms with Gasteiger partial charge in [0.15, 0.2) is 0 Å². The number of piperidine rings is 1. The van der Waals surface area contributed by atoms with Gasteiger partial charge in [0, 0.05) is 29.8 Å². The smallest absolute Gasteiger partial charge is 0.268 e. The summed E-state index contributed by atoms with van der Waals surface area (Å²) < 4.78 is 27.0. The second kappa shape index (κ2) is 9.88. The Bertz CT molecular complexity index is 1060. The van der Waals surface area contributed by atoms with Gasteiger partial charge >= 0.3 is 0 Å². The van der Waals surface area contributed by atoms with Crippen LogP contribution in [0, 0.1) is 0 Å². The van der Waals surface area contributed by atoms with E-state index in [0.29, 0.717) is 18.1 Å². The van der Waals surface area contributed by atoms with Crippen LogP contribution in [0.4, 0.5) is 0 Å². The standard InChI is InChI=1S/C21H22ClN3O4S/c22-18-8-4-6-16(14-18)10-11-20(26)23-24-21(27)17-7-5-9-19(15-17)30(28,29)25-12-2-1-3-13-25/h4-11,14-15H,1-3,12-13H2,(H,23,26)(H,24,27)/b11-10+. The van der Waals surface area contributed by atoms with E-state index in [4.69, 9.17) is 11.6 Å². The molecular weight excluding hydrogens is 426 g/mol. The molecular formula is C21H22ClN3O4S. The molecule has 2 aromatic rings. The fourth-order valence-electron chi connectivity index (χ4n) is 3.07. The van der Waals surface area contributed by atoms with Crippen LogP contribution in [0.25, 0.3) is 6.08 Å². The molecule has 0 aliphatic carbocycles. The topological polar surface area (TPSA) is 95.6 Å². The summed E-state index contributed by atoms with van der Waals surface area (Å²) >= 11 is 5.89. The van der Waals surface area contributed by atoms with Crippen molar-refractivity contribution in [1.29, 1.82) is 0 Å². The summed E-state index contributed by atoms with van der Waals surface area (Å²) in [5.41, 5.74) is 5.42. The molecule has 0 unspecified atom stereocenters. The zero-order valence-corrected chi connectivity index (χ0v) is 17.7. The molecule has 0 atom stereocenters. The number of rotatable bonds is 5. The van der Waals surface area contributed by atoms with Gasteiger partial charge in [0.2, 0.25) is 10.0 Å². The predicted octanol–water partition coefficient (Wildman–Crippen LogP) is 2.99. The number of carbonyl (C=O) groups excluding carboxylic acids is 2. The normalized spacial score (nSPS) is 15.1. The second-order valence-electron chi connectivity index (χ2n) is 6.82. The van der Waals surface area contributed by atoms with Crippen LogP contribution in [-0.2, 0) is 14.8 Å². The van der Waals surface area contributed by atoms with Crippen molar-refractivity contribution >= 4 is 39.5 Å². The minimum absolute atomic E-state index is 0.0595. The minimum atomic E-state index is -3.65. The summed E-state index contributed by atoms with van der Waals surface area (Å²) in [5, 5.41) is 0.547. The van der Waals surface area contributed by atoms with E-state index in [9.17, 15) is 18.0 Å². The number of sulfonamides is 1. The lowest BCUT2D eigenvalue weighted by atomic mass is 10.2. The molecule has 30 heavy (non-hydrogen) atoms. The van der Waals surface area contributed by atoms with Gasteiger partial charge in [0.1, 0.15) is 0 Å².